The quantitative estimate of drug-likeness (QED) is 0.606. The second-order valence-corrected chi connectivity index (χ2v) is 4.51. The Morgan fingerprint density at radius 2 is 1.55 bits per heavy atom. The Labute approximate surface area is 89.9 Å². The fourth-order valence-corrected chi connectivity index (χ4v) is 3.17. The molecule has 2 nitrogen and oxygen atoms in total. The molecule has 0 aliphatic rings. The molecule has 60 valence electrons. The zero-order valence-corrected chi connectivity index (χ0v) is 10.1. The molecule has 0 bridgehead atoms. The number of halogens is 3. The van der Waals surface area contributed by atoms with Gasteiger partial charge in [-0.05, 0) is 44.0 Å². The number of anilines is 1. The molecule has 1 aromatic carbocycles. The summed E-state index contributed by atoms with van der Waals surface area (Å²) in [6, 6.07) is 3.83. The molecular weight excluding hydrogens is 340 g/mol. The van der Waals surface area contributed by atoms with Crippen molar-refractivity contribution in [3.05, 3.63) is 25.6 Å². The number of nitrogens with one attached hydrogen (secondary N) is 1. The monoisotopic (exact) mass is 342 g/mol. The van der Waals surface area contributed by atoms with E-state index in [0.717, 1.165) is 19.1 Å². The highest BCUT2D eigenvalue weighted by Crippen LogP contribution is 2.33. The van der Waals surface area contributed by atoms with Gasteiger partial charge in [0, 0.05) is 13.4 Å². The van der Waals surface area contributed by atoms with Crippen molar-refractivity contribution in [2.75, 3.05) is 5.43 Å². The van der Waals surface area contributed by atoms with Gasteiger partial charge in [0.05, 0.1) is 5.69 Å². The molecule has 0 fully saturated rings. The Morgan fingerprint density at radius 3 is 1.91 bits per heavy atom. The number of nitrogens with two attached hydrogens (primary N) is 1. The molecule has 0 spiro atoms. The summed E-state index contributed by atoms with van der Waals surface area (Å²) in [5.41, 5.74) is 3.42. The zero-order chi connectivity index (χ0) is 8.43. The maximum absolute atomic E-state index is 5.28. The highest BCUT2D eigenvalue weighted by atomic mass is 79.9. The minimum atomic E-state index is 0.841. The molecule has 0 saturated heterocycles. The van der Waals surface area contributed by atoms with Gasteiger partial charge in [-0.3, -0.25) is 5.84 Å². The van der Waals surface area contributed by atoms with E-state index in [1.54, 1.807) is 0 Å². The summed E-state index contributed by atoms with van der Waals surface area (Å²) in [6.45, 7) is 0. The summed E-state index contributed by atoms with van der Waals surface area (Å²) in [5, 5.41) is 0. The Hall–Kier alpha value is 0.420. The largest absolute Gasteiger partial charge is 0.322 e. The van der Waals surface area contributed by atoms with Crippen LogP contribution >= 0.6 is 47.8 Å². The molecule has 0 unspecified atom stereocenters. The fourth-order valence-electron chi connectivity index (χ4n) is 0.680. The van der Waals surface area contributed by atoms with Gasteiger partial charge >= 0.3 is 0 Å². The lowest BCUT2D eigenvalue weighted by Crippen LogP contribution is -2.07. The minimum Gasteiger partial charge on any atom is -0.322 e. The molecule has 0 aromatic heterocycles. The van der Waals surface area contributed by atoms with E-state index in [9.17, 15) is 0 Å². The van der Waals surface area contributed by atoms with Crippen molar-refractivity contribution in [1.82, 2.24) is 0 Å². The number of hydrogen-bond acceptors (Lipinski definition) is 2. The van der Waals surface area contributed by atoms with E-state index in [1.807, 2.05) is 12.1 Å². The number of benzene rings is 1. The van der Waals surface area contributed by atoms with Crippen molar-refractivity contribution in [1.29, 1.82) is 0 Å². The number of rotatable bonds is 1. The van der Waals surface area contributed by atoms with E-state index in [2.05, 4.69) is 53.2 Å². The van der Waals surface area contributed by atoms with Gasteiger partial charge in [-0.2, -0.15) is 0 Å². The van der Waals surface area contributed by atoms with Gasteiger partial charge in [-0.25, -0.2) is 0 Å². The summed E-state index contributed by atoms with van der Waals surface area (Å²) in [7, 11) is 0. The van der Waals surface area contributed by atoms with Crippen LogP contribution in [0.5, 0.6) is 0 Å². The number of hydrazine groups is 1. The minimum absolute atomic E-state index is 0.841. The lowest BCUT2D eigenvalue weighted by molar-refractivity contribution is 1.32. The van der Waals surface area contributed by atoms with Crippen LogP contribution in [0.2, 0.25) is 0 Å². The van der Waals surface area contributed by atoms with Gasteiger partial charge in [0.25, 0.3) is 0 Å². The van der Waals surface area contributed by atoms with Crippen molar-refractivity contribution in [2.45, 2.75) is 0 Å². The first-order chi connectivity index (χ1) is 5.15. The standard InChI is InChI=1S/C6H5Br3N2/c7-3-1-4(8)6(11-10)5(9)2-3/h1-2,11H,10H2. The maximum atomic E-state index is 5.28. The highest BCUT2D eigenvalue weighted by Gasteiger charge is 2.03. The van der Waals surface area contributed by atoms with E-state index >= 15 is 0 Å². The van der Waals surface area contributed by atoms with Gasteiger partial charge < -0.3 is 5.43 Å². The first-order valence-electron chi connectivity index (χ1n) is 2.76. The molecule has 0 heterocycles. The predicted octanol–water partition coefficient (Wildman–Crippen LogP) is 3.26. The topological polar surface area (TPSA) is 38.0 Å². The van der Waals surface area contributed by atoms with Gasteiger partial charge in [-0.15, -0.1) is 0 Å². The summed E-state index contributed by atoms with van der Waals surface area (Å²) >= 11 is 10.1. The van der Waals surface area contributed by atoms with E-state index in [1.165, 1.54) is 0 Å². The molecule has 0 atom stereocenters. The van der Waals surface area contributed by atoms with Crippen LogP contribution in [0.3, 0.4) is 0 Å². The van der Waals surface area contributed by atoms with Gasteiger partial charge in [0.1, 0.15) is 0 Å². The lowest BCUT2D eigenvalue weighted by Gasteiger charge is -2.05. The van der Waals surface area contributed by atoms with E-state index in [0.29, 0.717) is 0 Å². The van der Waals surface area contributed by atoms with Crippen molar-refractivity contribution in [3.63, 3.8) is 0 Å². The van der Waals surface area contributed by atoms with Crippen LogP contribution in [0.25, 0.3) is 0 Å². The summed E-state index contributed by atoms with van der Waals surface area (Å²) in [6.07, 6.45) is 0. The van der Waals surface area contributed by atoms with Crippen LogP contribution in [-0.2, 0) is 0 Å². The molecule has 5 heteroatoms. The number of nitrogen functional groups attached to an aromatic ring is 1. The average molecular weight is 345 g/mol. The maximum Gasteiger partial charge on any atom is 0.0771 e. The van der Waals surface area contributed by atoms with Crippen molar-refractivity contribution in [3.8, 4) is 0 Å². The molecule has 3 N–H and O–H groups in total. The van der Waals surface area contributed by atoms with Crippen LogP contribution in [0.4, 0.5) is 5.69 Å². The van der Waals surface area contributed by atoms with E-state index in [-0.39, 0.29) is 0 Å². The predicted molar refractivity (Wildman–Crippen MR) is 57.4 cm³/mol. The average Bonchev–Trinajstić information content (AvgIpc) is 1.85. The van der Waals surface area contributed by atoms with Crippen molar-refractivity contribution < 1.29 is 0 Å². The van der Waals surface area contributed by atoms with Crippen molar-refractivity contribution in [2.24, 2.45) is 5.84 Å². The fraction of sp³-hybridized carbons (Fsp3) is 0. The van der Waals surface area contributed by atoms with Crippen LogP contribution in [0, 0.1) is 0 Å². The third kappa shape index (κ3) is 2.18. The Bertz CT molecular complexity index is 252. The molecule has 0 radical (unpaired) electrons. The van der Waals surface area contributed by atoms with Crippen LogP contribution < -0.4 is 11.3 Å². The second-order valence-electron chi connectivity index (χ2n) is 1.89. The summed E-state index contributed by atoms with van der Waals surface area (Å²) < 4.78 is 2.83. The molecule has 1 rings (SSSR count). The van der Waals surface area contributed by atoms with Gasteiger partial charge in [0.15, 0.2) is 0 Å². The Balaban J connectivity index is 3.25. The molecule has 0 aliphatic carbocycles. The number of hydrogen-bond donors (Lipinski definition) is 2. The normalized spacial score (nSPS) is 9.82. The Kier molecular flexibility index (Phi) is 3.36. The molecule has 1 aromatic rings. The second kappa shape index (κ2) is 3.89. The van der Waals surface area contributed by atoms with Crippen LogP contribution in [0.1, 0.15) is 0 Å². The summed E-state index contributed by atoms with van der Waals surface area (Å²) in [4.78, 5) is 0. The zero-order valence-electron chi connectivity index (χ0n) is 5.37. The van der Waals surface area contributed by atoms with Crippen molar-refractivity contribution >= 4 is 53.5 Å². The first-order valence-corrected chi connectivity index (χ1v) is 5.14. The molecule has 11 heavy (non-hydrogen) atoms. The van der Waals surface area contributed by atoms with Gasteiger partial charge in [0.2, 0.25) is 0 Å². The lowest BCUT2D eigenvalue weighted by atomic mass is 10.3. The third-order valence-corrected chi connectivity index (χ3v) is 2.86. The molecule has 0 saturated carbocycles. The third-order valence-electron chi connectivity index (χ3n) is 1.15. The first kappa shape index (κ1) is 9.51. The van der Waals surface area contributed by atoms with Gasteiger partial charge in [-0.1, -0.05) is 15.9 Å². The molecule has 0 amide bonds. The molecule has 0 aliphatic heterocycles. The van der Waals surface area contributed by atoms with E-state index < -0.39 is 0 Å². The molecular formula is C6H5Br3N2. The SMILES string of the molecule is NNc1c(Br)cc(Br)cc1Br. The highest BCUT2D eigenvalue weighted by molar-refractivity contribution is 9.11. The smallest absolute Gasteiger partial charge is 0.0771 e. The van der Waals surface area contributed by atoms with Crippen LogP contribution in [-0.4, -0.2) is 0 Å². The van der Waals surface area contributed by atoms with Crippen LogP contribution in [0.15, 0.2) is 25.6 Å². The Morgan fingerprint density at radius 1 is 1.09 bits per heavy atom. The van der Waals surface area contributed by atoms with E-state index in [4.69, 9.17) is 5.84 Å². The summed E-state index contributed by atoms with van der Waals surface area (Å²) in [5.74, 6) is 5.28.